The number of rotatable bonds is 7. The van der Waals surface area contributed by atoms with Gasteiger partial charge in [0.15, 0.2) is 5.82 Å². The number of hydrogen-bond acceptors (Lipinski definition) is 5. The fraction of sp³-hybridized carbons (Fsp3) is 0.500. The summed E-state index contributed by atoms with van der Waals surface area (Å²) in [5, 5.41) is 23.2. The Labute approximate surface area is 203 Å². The number of aryl methyl sites for hydroxylation is 1. The summed E-state index contributed by atoms with van der Waals surface area (Å²) in [5.74, 6) is 1.65. The quantitative estimate of drug-likeness (QED) is 0.395. The predicted octanol–water partition coefficient (Wildman–Crippen LogP) is 4.67. The number of nitrogens with zero attached hydrogens (tertiary/aromatic N) is 5. The maximum Gasteiger partial charge on any atom is 0.307 e. The van der Waals surface area contributed by atoms with Crippen LogP contribution in [0.4, 0.5) is 11.5 Å². The van der Waals surface area contributed by atoms with Crippen molar-refractivity contribution in [3.05, 3.63) is 70.2 Å². The van der Waals surface area contributed by atoms with Gasteiger partial charge in [-0.25, -0.2) is 0 Å². The fourth-order valence-corrected chi connectivity index (χ4v) is 7.59. The molecule has 0 spiro atoms. The topological polar surface area (TPSA) is 108 Å². The van der Waals surface area contributed by atoms with E-state index >= 15 is 0 Å². The molecule has 9 heteroatoms. The van der Waals surface area contributed by atoms with Gasteiger partial charge in [-0.05, 0) is 68.3 Å². The van der Waals surface area contributed by atoms with Gasteiger partial charge in [-0.15, -0.1) is 0 Å². The van der Waals surface area contributed by atoms with E-state index in [1.807, 2.05) is 27.7 Å². The number of carbonyl (C=O) groups is 1. The average molecular weight is 475 g/mol. The van der Waals surface area contributed by atoms with Crippen molar-refractivity contribution in [2.75, 3.05) is 5.32 Å². The lowest BCUT2D eigenvalue weighted by atomic mass is 9.46. The Balaban J connectivity index is 1.15. The number of amides is 1. The highest BCUT2D eigenvalue weighted by atomic mass is 16.6. The molecule has 4 bridgehead atoms. The molecular formula is C26H30N6O3. The molecule has 1 aromatic carbocycles. The van der Waals surface area contributed by atoms with Crippen LogP contribution in [0.5, 0.6) is 0 Å². The van der Waals surface area contributed by atoms with Crippen molar-refractivity contribution in [2.24, 2.45) is 17.3 Å². The van der Waals surface area contributed by atoms with Crippen LogP contribution in [0.3, 0.4) is 0 Å². The highest BCUT2D eigenvalue weighted by Crippen LogP contribution is 2.65. The van der Waals surface area contributed by atoms with E-state index in [2.05, 4.69) is 40.6 Å². The van der Waals surface area contributed by atoms with Crippen LogP contribution in [0.1, 0.15) is 56.1 Å². The average Bonchev–Trinajstić information content (AvgIpc) is 3.43. The number of hydrogen-bond donors (Lipinski definition) is 1. The van der Waals surface area contributed by atoms with E-state index in [9.17, 15) is 14.9 Å². The molecule has 4 aliphatic rings. The van der Waals surface area contributed by atoms with Gasteiger partial charge in [0.1, 0.15) is 12.4 Å². The smallest absolute Gasteiger partial charge is 0.307 e. The largest absolute Gasteiger partial charge is 0.309 e. The summed E-state index contributed by atoms with van der Waals surface area (Å²) in [6.45, 7) is 2.73. The van der Waals surface area contributed by atoms with Crippen molar-refractivity contribution < 1.29 is 9.72 Å². The van der Waals surface area contributed by atoms with E-state index < -0.39 is 0 Å². The Kier molecular flexibility index (Phi) is 5.05. The summed E-state index contributed by atoms with van der Waals surface area (Å²) in [7, 11) is 0. The Hall–Kier alpha value is -3.49. The third-order valence-corrected chi connectivity index (χ3v) is 8.29. The van der Waals surface area contributed by atoms with Gasteiger partial charge in [0.2, 0.25) is 5.91 Å². The number of carbonyl (C=O) groups excluding carboxylic acids is 1. The van der Waals surface area contributed by atoms with Gasteiger partial charge >= 0.3 is 5.69 Å². The second-order valence-corrected chi connectivity index (χ2v) is 11.2. The molecule has 0 aliphatic heterocycles. The minimum absolute atomic E-state index is 0.00523. The third-order valence-electron chi connectivity index (χ3n) is 8.29. The van der Waals surface area contributed by atoms with Gasteiger partial charge in [0.25, 0.3) is 0 Å². The highest BCUT2D eigenvalue weighted by Gasteiger charge is 2.59. The molecule has 1 N–H and O–H groups in total. The van der Waals surface area contributed by atoms with E-state index in [0.29, 0.717) is 30.6 Å². The molecular weight excluding hydrogens is 444 g/mol. The molecule has 2 heterocycles. The van der Waals surface area contributed by atoms with Crippen LogP contribution in [-0.4, -0.2) is 30.4 Å². The van der Waals surface area contributed by atoms with E-state index in [1.165, 1.54) is 23.7 Å². The first kappa shape index (κ1) is 22.0. The Morgan fingerprint density at radius 1 is 1.23 bits per heavy atom. The molecule has 4 saturated carbocycles. The lowest BCUT2D eigenvalue weighted by Gasteiger charge is -2.61. The van der Waals surface area contributed by atoms with Crippen molar-refractivity contribution in [3.8, 4) is 0 Å². The molecule has 35 heavy (non-hydrogen) atoms. The van der Waals surface area contributed by atoms with Gasteiger partial charge in [0.05, 0.1) is 17.0 Å². The molecule has 182 valence electrons. The van der Waals surface area contributed by atoms with E-state index in [-0.39, 0.29) is 27.5 Å². The summed E-state index contributed by atoms with van der Waals surface area (Å²) >= 11 is 0. The number of benzene rings is 1. The van der Waals surface area contributed by atoms with Crippen LogP contribution >= 0.6 is 0 Å². The van der Waals surface area contributed by atoms with Crippen LogP contribution in [0, 0.1) is 34.3 Å². The lowest BCUT2D eigenvalue weighted by Crippen LogP contribution is -2.57. The first-order valence-corrected chi connectivity index (χ1v) is 12.4. The zero-order valence-corrected chi connectivity index (χ0v) is 19.9. The van der Waals surface area contributed by atoms with Crippen molar-refractivity contribution in [1.82, 2.24) is 19.6 Å². The van der Waals surface area contributed by atoms with E-state index in [4.69, 9.17) is 0 Å². The zero-order valence-electron chi connectivity index (χ0n) is 19.9. The van der Waals surface area contributed by atoms with E-state index in [1.54, 1.807) is 6.20 Å². The summed E-state index contributed by atoms with van der Waals surface area (Å²) < 4.78 is 3.69. The van der Waals surface area contributed by atoms with Crippen LogP contribution in [0.15, 0.2) is 48.9 Å². The van der Waals surface area contributed by atoms with Crippen LogP contribution in [0.2, 0.25) is 0 Å². The molecule has 2 unspecified atom stereocenters. The number of nitro groups is 1. The molecule has 4 fully saturated rings. The zero-order chi connectivity index (χ0) is 24.2. The number of anilines is 1. The maximum atomic E-state index is 13.2. The summed E-state index contributed by atoms with van der Waals surface area (Å²) in [4.78, 5) is 24.0. The summed E-state index contributed by atoms with van der Waals surface area (Å²) in [6.07, 6.45) is 11.4. The molecule has 0 saturated heterocycles. The highest BCUT2D eigenvalue weighted by molar-refractivity contribution is 5.90. The van der Waals surface area contributed by atoms with Crippen molar-refractivity contribution in [1.29, 1.82) is 0 Å². The third kappa shape index (κ3) is 4.13. The number of nitrogens with one attached hydrogen (secondary N) is 1. The van der Waals surface area contributed by atoms with Crippen LogP contribution < -0.4 is 5.32 Å². The van der Waals surface area contributed by atoms with Gasteiger partial charge in [-0.3, -0.25) is 24.3 Å². The Bertz CT molecular complexity index is 1280. The maximum absolute atomic E-state index is 13.2. The van der Waals surface area contributed by atoms with Gasteiger partial charge < -0.3 is 5.32 Å². The number of aromatic nitrogens is 4. The normalized spacial score (nSPS) is 28.8. The van der Waals surface area contributed by atoms with Crippen LogP contribution in [0.25, 0.3) is 0 Å². The second kappa shape index (κ2) is 8.03. The minimum Gasteiger partial charge on any atom is -0.309 e. The fourth-order valence-electron chi connectivity index (χ4n) is 7.59. The van der Waals surface area contributed by atoms with Crippen LogP contribution in [-0.2, 0) is 16.9 Å². The monoisotopic (exact) mass is 474 g/mol. The van der Waals surface area contributed by atoms with Crippen molar-refractivity contribution in [2.45, 2.75) is 64.0 Å². The molecule has 9 nitrogen and oxygen atoms in total. The molecule has 0 radical (unpaired) electrons. The molecule has 2 atom stereocenters. The minimum atomic E-state index is -0.384. The van der Waals surface area contributed by atoms with Gasteiger partial charge in [-0.2, -0.15) is 10.2 Å². The SMILES string of the molecule is Cc1cccc(Cn2ccc(NC(=O)CC34CC5CC(C3)CC(n3cc([N+](=O)[O-])cn3)(C5)C4)n2)c1. The Morgan fingerprint density at radius 2 is 2.03 bits per heavy atom. The standard InChI is InChI=1S/C26H30N6O3/c1-18-3-2-4-19(7-18)15-30-6-5-23(29-30)28-24(33)13-25-9-20-8-21(10-25)12-26(11-20,17-25)31-16-22(14-27-31)32(34)35/h2-7,14,16,20-21H,8-13,15,17H2,1H3,(H,28,29,33). The van der Waals surface area contributed by atoms with E-state index in [0.717, 1.165) is 32.1 Å². The Morgan fingerprint density at radius 3 is 2.74 bits per heavy atom. The molecule has 7 rings (SSSR count). The summed E-state index contributed by atoms with van der Waals surface area (Å²) in [5.41, 5.74) is 2.12. The van der Waals surface area contributed by atoms with Gasteiger partial charge in [-0.1, -0.05) is 29.8 Å². The van der Waals surface area contributed by atoms with Crippen molar-refractivity contribution in [3.63, 3.8) is 0 Å². The van der Waals surface area contributed by atoms with Gasteiger partial charge in [0, 0.05) is 18.7 Å². The second-order valence-electron chi connectivity index (χ2n) is 11.2. The molecule has 2 aromatic heterocycles. The molecule has 3 aromatic rings. The first-order chi connectivity index (χ1) is 16.8. The summed E-state index contributed by atoms with van der Waals surface area (Å²) in [6, 6.07) is 10.2. The lowest BCUT2D eigenvalue weighted by molar-refractivity contribution is -0.385. The van der Waals surface area contributed by atoms with Crippen molar-refractivity contribution >= 4 is 17.4 Å². The predicted molar refractivity (Wildman–Crippen MR) is 130 cm³/mol. The molecule has 1 amide bonds. The first-order valence-electron chi connectivity index (χ1n) is 12.4. The molecule has 4 aliphatic carbocycles.